The van der Waals surface area contributed by atoms with Gasteiger partial charge in [-0.2, -0.15) is 0 Å². The first kappa shape index (κ1) is 26.4. The molecule has 1 aliphatic heterocycles. The molecule has 1 heterocycles. The highest BCUT2D eigenvalue weighted by Gasteiger charge is 2.37. The molecule has 3 aromatic rings. The topological polar surface area (TPSA) is 90.0 Å². The highest BCUT2D eigenvalue weighted by molar-refractivity contribution is 6.36. The van der Waals surface area contributed by atoms with E-state index >= 15 is 0 Å². The minimum atomic E-state index is -0.671. The number of aryl methyl sites for hydroxylation is 1. The molecule has 9 heteroatoms. The Morgan fingerprint density at radius 1 is 1.00 bits per heavy atom. The molecule has 3 aromatic carbocycles. The molecule has 190 valence electrons. The number of anilines is 1. The van der Waals surface area contributed by atoms with Gasteiger partial charge < -0.3 is 14.4 Å². The van der Waals surface area contributed by atoms with Crippen LogP contribution in [0, 0.1) is 19.8 Å². The molecule has 0 aromatic heterocycles. The smallest absolute Gasteiger partial charge is 0.345 e. The van der Waals surface area contributed by atoms with Crippen molar-refractivity contribution in [3.05, 3.63) is 93.0 Å². The Morgan fingerprint density at radius 2 is 1.73 bits per heavy atom. The van der Waals surface area contributed by atoms with E-state index in [1.807, 2.05) is 32.0 Å². The third kappa shape index (κ3) is 6.01. The van der Waals surface area contributed by atoms with Gasteiger partial charge in [-0.3, -0.25) is 14.4 Å². The summed E-state index contributed by atoms with van der Waals surface area (Å²) in [6, 6.07) is 15.9. The van der Waals surface area contributed by atoms with Gasteiger partial charge in [0.2, 0.25) is 5.91 Å². The summed E-state index contributed by atoms with van der Waals surface area (Å²) in [6.45, 7) is 3.63. The number of hydrogen-bond acceptors (Lipinski definition) is 6. The molecule has 1 saturated heterocycles. The molecule has 0 radical (unpaired) electrons. The number of carbonyl (C=O) groups excluding carboxylic acids is 4. The van der Waals surface area contributed by atoms with Crippen LogP contribution in [0.2, 0.25) is 10.0 Å². The lowest BCUT2D eigenvalue weighted by atomic mass is 10.1. The summed E-state index contributed by atoms with van der Waals surface area (Å²) in [6.07, 6.45) is 0.0259. The van der Waals surface area contributed by atoms with Gasteiger partial charge in [-0.1, -0.05) is 35.3 Å². The number of halogens is 2. The van der Waals surface area contributed by atoms with Gasteiger partial charge in [0.15, 0.2) is 12.4 Å². The van der Waals surface area contributed by atoms with E-state index in [-0.39, 0.29) is 40.8 Å². The van der Waals surface area contributed by atoms with Crippen molar-refractivity contribution in [3.63, 3.8) is 0 Å². The number of amides is 1. The van der Waals surface area contributed by atoms with Crippen LogP contribution in [0.4, 0.5) is 5.69 Å². The summed E-state index contributed by atoms with van der Waals surface area (Å²) < 4.78 is 10.5. The molecule has 1 aliphatic rings. The van der Waals surface area contributed by atoms with Crippen LogP contribution >= 0.6 is 23.2 Å². The lowest BCUT2D eigenvalue weighted by Gasteiger charge is -2.20. The molecule has 1 amide bonds. The zero-order valence-electron chi connectivity index (χ0n) is 20.1. The van der Waals surface area contributed by atoms with E-state index in [4.69, 9.17) is 32.7 Å². The molecule has 1 unspecified atom stereocenters. The van der Waals surface area contributed by atoms with Crippen molar-refractivity contribution < 1.29 is 28.7 Å². The van der Waals surface area contributed by atoms with E-state index in [1.54, 1.807) is 4.90 Å². The van der Waals surface area contributed by atoms with E-state index < -0.39 is 30.2 Å². The van der Waals surface area contributed by atoms with E-state index in [0.717, 1.165) is 16.8 Å². The van der Waals surface area contributed by atoms with Crippen LogP contribution < -0.4 is 9.64 Å². The number of esters is 2. The van der Waals surface area contributed by atoms with Crippen LogP contribution in [0.25, 0.3) is 0 Å². The first-order valence-corrected chi connectivity index (χ1v) is 12.2. The maximum Gasteiger partial charge on any atom is 0.345 e. The maximum atomic E-state index is 12.6. The molecular weight excluding hydrogens is 517 g/mol. The Labute approximate surface area is 223 Å². The molecular formula is C28H23Cl2NO6. The molecule has 0 bridgehead atoms. The van der Waals surface area contributed by atoms with Crippen molar-refractivity contribution in [3.8, 4) is 5.75 Å². The number of benzene rings is 3. The first-order valence-electron chi connectivity index (χ1n) is 11.5. The second-order valence-electron chi connectivity index (χ2n) is 8.69. The summed E-state index contributed by atoms with van der Waals surface area (Å²) in [4.78, 5) is 51.6. The number of ether oxygens (including phenoxy) is 2. The molecule has 0 saturated carbocycles. The summed E-state index contributed by atoms with van der Waals surface area (Å²) in [5.74, 6) is -2.30. The molecule has 37 heavy (non-hydrogen) atoms. The fraction of sp³-hybridized carbons (Fsp3) is 0.214. The third-order valence-electron chi connectivity index (χ3n) is 6.21. The van der Waals surface area contributed by atoms with Crippen molar-refractivity contribution in [1.82, 2.24) is 0 Å². The van der Waals surface area contributed by atoms with Crippen molar-refractivity contribution in [2.24, 2.45) is 5.92 Å². The van der Waals surface area contributed by atoms with Gasteiger partial charge >= 0.3 is 11.9 Å². The average molecular weight is 540 g/mol. The molecule has 7 nitrogen and oxygen atoms in total. The minimum Gasteiger partial charge on any atom is -0.457 e. The third-order valence-corrected chi connectivity index (χ3v) is 6.76. The van der Waals surface area contributed by atoms with Gasteiger partial charge in [0.05, 0.1) is 16.5 Å². The van der Waals surface area contributed by atoms with E-state index in [0.29, 0.717) is 5.02 Å². The Balaban J connectivity index is 1.31. The second-order valence-corrected chi connectivity index (χ2v) is 9.54. The van der Waals surface area contributed by atoms with Gasteiger partial charge in [-0.05, 0) is 73.5 Å². The van der Waals surface area contributed by atoms with Crippen molar-refractivity contribution >= 4 is 52.5 Å². The number of Topliss-reactive ketones (excluding diaryl/α,β-unsaturated/α-hetero) is 1. The number of ketones is 1. The van der Waals surface area contributed by atoms with E-state index in [9.17, 15) is 19.2 Å². The van der Waals surface area contributed by atoms with Crippen molar-refractivity contribution in [1.29, 1.82) is 0 Å². The lowest BCUT2D eigenvalue weighted by Crippen LogP contribution is -2.27. The molecule has 4 rings (SSSR count). The van der Waals surface area contributed by atoms with E-state index in [1.165, 1.54) is 42.5 Å². The molecule has 1 fully saturated rings. The van der Waals surface area contributed by atoms with Crippen LogP contribution in [-0.2, 0) is 14.3 Å². The largest absolute Gasteiger partial charge is 0.457 e. The Kier molecular flexibility index (Phi) is 7.95. The Hall–Kier alpha value is -3.68. The molecule has 1 atom stereocenters. The van der Waals surface area contributed by atoms with Gasteiger partial charge in [-0.25, -0.2) is 4.79 Å². The van der Waals surface area contributed by atoms with Crippen LogP contribution in [0.1, 0.15) is 38.3 Å². The van der Waals surface area contributed by atoms with Gasteiger partial charge in [0, 0.05) is 29.2 Å². The van der Waals surface area contributed by atoms with Crippen LogP contribution in [0.15, 0.2) is 60.7 Å². The van der Waals surface area contributed by atoms with Gasteiger partial charge in [0.1, 0.15) is 5.75 Å². The van der Waals surface area contributed by atoms with Crippen LogP contribution in [0.5, 0.6) is 5.75 Å². The van der Waals surface area contributed by atoms with Crippen LogP contribution in [-0.4, -0.2) is 36.8 Å². The summed E-state index contributed by atoms with van der Waals surface area (Å²) in [5.41, 5.74) is 3.23. The lowest BCUT2D eigenvalue weighted by molar-refractivity contribution is -0.147. The molecule has 0 N–H and O–H groups in total. The van der Waals surface area contributed by atoms with Gasteiger partial charge in [-0.15, -0.1) is 0 Å². The number of nitrogens with zero attached hydrogens (tertiary/aromatic N) is 1. The normalized spacial score (nSPS) is 15.0. The second kappa shape index (κ2) is 11.2. The number of rotatable bonds is 7. The highest BCUT2D eigenvalue weighted by Crippen LogP contribution is 2.30. The predicted octanol–water partition coefficient (Wildman–Crippen LogP) is 5.61. The first-order chi connectivity index (χ1) is 17.6. The number of carbonyl (C=O) groups is 4. The summed E-state index contributed by atoms with van der Waals surface area (Å²) in [7, 11) is 0. The zero-order chi connectivity index (χ0) is 26.7. The van der Waals surface area contributed by atoms with Crippen molar-refractivity contribution in [2.75, 3.05) is 18.1 Å². The van der Waals surface area contributed by atoms with Crippen molar-refractivity contribution in [2.45, 2.75) is 20.3 Å². The summed E-state index contributed by atoms with van der Waals surface area (Å²) in [5, 5.41) is 0.551. The van der Waals surface area contributed by atoms with E-state index in [2.05, 4.69) is 0 Å². The Bertz CT molecular complexity index is 1390. The fourth-order valence-corrected chi connectivity index (χ4v) is 4.48. The number of hydrogen-bond donors (Lipinski definition) is 0. The predicted molar refractivity (Wildman–Crippen MR) is 140 cm³/mol. The van der Waals surface area contributed by atoms with Gasteiger partial charge in [0.25, 0.3) is 0 Å². The molecule has 0 aliphatic carbocycles. The monoisotopic (exact) mass is 539 g/mol. The average Bonchev–Trinajstić information content (AvgIpc) is 3.25. The fourth-order valence-electron chi connectivity index (χ4n) is 3.99. The zero-order valence-corrected chi connectivity index (χ0v) is 21.6. The Morgan fingerprint density at radius 3 is 2.43 bits per heavy atom. The summed E-state index contributed by atoms with van der Waals surface area (Å²) >= 11 is 11.9. The standard InChI is InChI=1S/C28H23Cl2NO6/c1-16-4-3-5-24(17(16)2)31-14-19(12-26(31)33)27(34)36-15-25(32)18-6-9-21(10-7-18)37-28(35)22-11-8-20(29)13-23(22)30/h3-11,13,19H,12,14-15H2,1-2H3. The minimum absolute atomic E-state index is 0.0259. The SMILES string of the molecule is Cc1cccc(N2CC(C(=O)OCC(=O)c3ccc(OC(=O)c4ccc(Cl)cc4Cl)cc3)CC2=O)c1C. The maximum absolute atomic E-state index is 12.6. The molecule has 0 spiro atoms. The highest BCUT2D eigenvalue weighted by atomic mass is 35.5. The quantitative estimate of drug-likeness (QED) is 0.220. The van der Waals surface area contributed by atoms with Crippen LogP contribution in [0.3, 0.4) is 0 Å².